The number of carbonyl (C=O) groups is 1. The minimum atomic E-state index is 0.0382. The third kappa shape index (κ3) is 4.60. The van der Waals surface area contributed by atoms with E-state index in [1.165, 1.54) is 11.8 Å². The fourth-order valence-electron chi connectivity index (χ4n) is 4.17. The average Bonchev–Trinajstić information content (AvgIpc) is 3.64. The van der Waals surface area contributed by atoms with Crippen LogP contribution in [0, 0.1) is 11.3 Å². The van der Waals surface area contributed by atoms with Crippen molar-refractivity contribution in [3.05, 3.63) is 53.5 Å². The lowest BCUT2D eigenvalue weighted by Gasteiger charge is -2.14. The number of ether oxygens (including phenoxy) is 1. The number of nitrogens with zero attached hydrogens (tertiary/aromatic N) is 5. The highest BCUT2D eigenvalue weighted by atomic mass is 32.2. The predicted molar refractivity (Wildman–Crippen MR) is 130 cm³/mol. The van der Waals surface area contributed by atoms with Gasteiger partial charge in [0.1, 0.15) is 0 Å². The van der Waals surface area contributed by atoms with E-state index < -0.39 is 0 Å². The molecule has 7 nitrogen and oxygen atoms in total. The molecule has 0 spiro atoms. The number of fused-ring (bicyclic) bond motifs is 1. The first-order valence-corrected chi connectivity index (χ1v) is 12.8. The Morgan fingerprint density at radius 1 is 1.27 bits per heavy atom. The SMILES string of the molecule is N#CCCn1cc(C(=O)CSc2nnc(-c3cccs3)n2CC2CCCO2)c2ccccc21. The Hall–Kier alpha value is -2.93. The number of rotatable bonds is 9. The van der Waals surface area contributed by atoms with E-state index in [9.17, 15) is 4.79 Å². The van der Waals surface area contributed by atoms with Crippen LogP contribution in [0.4, 0.5) is 0 Å². The van der Waals surface area contributed by atoms with Crippen LogP contribution in [-0.2, 0) is 17.8 Å². The van der Waals surface area contributed by atoms with E-state index in [0.29, 0.717) is 25.1 Å². The summed E-state index contributed by atoms with van der Waals surface area (Å²) in [5.74, 6) is 1.13. The van der Waals surface area contributed by atoms with E-state index in [1.54, 1.807) is 11.3 Å². The zero-order valence-corrected chi connectivity index (χ0v) is 19.6. The zero-order valence-electron chi connectivity index (χ0n) is 18.0. The molecule has 1 fully saturated rings. The van der Waals surface area contributed by atoms with Crippen LogP contribution in [0.3, 0.4) is 0 Å². The lowest BCUT2D eigenvalue weighted by molar-refractivity contribution is 0.0953. The molecular weight excluding hydrogens is 454 g/mol. The van der Waals surface area contributed by atoms with Crippen molar-refractivity contribution in [1.82, 2.24) is 19.3 Å². The molecule has 3 aromatic heterocycles. The summed E-state index contributed by atoms with van der Waals surface area (Å²) in [5, 5.41) is 21.5. The number of para-hydroxylation sites is 1. The second kappa shape index (κ2) is 9.91. The van der Waals surface area contributed by atoms with Gasteiger partial charge in [0.15, 0.2) is 16.8 Å². The lowest BCUT2D eigenvalue weighted by Crippen LogP contribution is -2.17. The summed E-state index contributed by atoms with van der Waals surface area (Å²) in [6.07, 6.45) is 4.51. The molecule has 33 heavy (non-hydrogen) atoms. The number of aryl methyl sites for hydroxylation is 1. The molecule has 9 heteroatoms. The number of thioether (sulfide) groups is 1. The van der Waals surface area contributed by atoms with Gasteiger partial charge in [0.05, 0.1) is 35.8 Å². The van der Waals surface area contributed by atoms with Crippen LogP contribution < -0.4 is 0 Å². The van der Waals surface area contributed by atoms with Crippen molar-refractivity contribution in [2.45, 2.75) is 43.6 Å². The highest BCUT2D eigenvalue weighted by molar-refractivity contribution is 7.99. The van der Waals surface area contributed by atoms with Crippen LogP contribution in [-0.4, -0.2) is 43.6 Å². The maximum Gasteiger partial charge on any atom is 0.192 e. The van der Waals surface area contributed by atoms with Crippen molar-refractivity contribution in [2.75, 3.05) is 12.4 Å². The Bertz CT molecular complexity index is 1300. The van der Waals surface area contributed by atoms with Crippen LogP contribution in [0.15, 0.2) is 53.1 Å². The largest absolute Gasteiger partial charge is 0.376 e. The second-order valence-electron chi connectivity index (χ2n) is 7.90. The summed E-state index contributed by atoms with van der Waals surface area (Å²) in [6, 6.07) is 14.1. The van der Waals surface area contributed by atoms with Crippen molar-refractivity contribution >= 4 is 39.8 Å². The van der Waals surface area contributed by atoms with Gasteiger partial charge in [-0.25, -0.2) is 0 Å². The molecule has 1 unspecified atom stereocenters. The fourth-order valence-corrected chi connectivity index (χ4v) is 5.72. The molecule has 0 amide bonds. The minimum Gasteiger partial charge on any atom is -0.376 e. The van der Waals surface area contributed by atoms with Gasteiger partial charge in [0.25, 0.3) is 0 Å². The van der Waals surface area contributed by atoms with Gasteiger partial charge in [-0.1, -0.05) is 36.0 Å². The number of ketones is 1. The number of nitriles is 1. The molecule has 168 valence electrons. The summed E-state index contributed by atoms with van der Waals surface area (Å²) in [4.78, 5) is 14.3. The highest BCUT2D eigenvalue weighted by Crippen LogP contribution is 2.30. The van der Waals surface area contributed by atoms with Gasteiger partial charge in [-0.2, -0.15) is 5.26 Å². The van der Waals surface area contributed by atoms with Crippen molar-refractivity contribution in [3.63, 3.8) is 0 Å². The molecule has 1 saturated heterocycles. The maximum absolute atomic E-state index is 13.2. The van der Waals surface area contributed by atoms with Gasteiger partial charge in [0, 0.05) is 35.8 Å². The van der Waals surface area contributed by atoms with Crippen molar-refractivity contribution in [3.8, 4) is 16.8 Å². The van der Waals surface area contributed by atoms with Gasteiger partial charge < -0.3 is 9.30 Å². The number of Topliss-reactive ketones (excluding diaryl/α,β-unsaturated/α-hetero) is 1. The summed E-state index contributed by atoms with van der Waals surface area (Å²) in [6.45, 7) is 2.04. The van der Waals surface area contributed by atoms with E-state index in [4.69, 9.17) is 10.00 Å². The predicted octanol–water partition coefficient (Wildman–Crippen LogP) is 5.03. The third-order valence-corrected chi connectivity index (χ3v) is 7.59. The van der Waals surface area contributed by atoms with Crippen molar-refractivity contribution < 1.29 is 9.53 Å². The summed E-state index contributed by atoms with van der Waals surface area (Å²) in [7, 11) is 0. The van der Waals surface area contributed by atoms with Crippen molar-refractivity contribution in [1.29, 1.82) is 5.26 Å². The van der Waals surface area contributed by atoms with Crippen LogP contribution >= 0.6 is 23.1 Å². The Balaban J connectivity index is 1.38. The van der Waals surface area contributed by atoms with Crippen LogP contribution in [0.1, 0.15) is 29.6 Å². The number of thiophene rings is 1. The molecular formula is C24H23N5O2S2. The number of aromatic nitrogens is 4. The van der Waals surface area contributed by atoms with Gasteiger partial charge in [-0.15, -0.1) is 21.5 Å². The Morgan fingerprint density at radius 2 is 2.18 bits per heavy atom. The van der Waals surface area contributed by atoms with Crippen LogP contribution in [0.5, 0.6) is 0 Å². The normalized spacial score (nSPS) is 15.8. The van der Waals surface area contributed by atoms with E-state index in [0.717, 1.165) is 46.2 Å². The highest BCUT2D eigenvalue weighted by Gasteiger charge is 2.23. The number of carbonyl (C=O) groups excluding carboxylic acids is 1. The van der Waals surface area contributed by atoms with E-state index in [1.807, 2.05) is 52.5 Å². The minimum absolute atomic E-state index is 0.0382. The first kappa shape index (κ1) is 21.9. The monoisotopic (exact) mass is 477 g/mol. The summed E-state index contributed by atoms with van der Waals surface area (Å²) >= 11 is 3.04. The quantitative estimate of drug-likeness (QED) is 0.248. The number of hydrogen-bond donors (Lipinski definition) is 0. The topological polar surface area (TPSA) is 85.7 Å². The van der Waals surface area contributed by atoms with E-state index >= 15 is 0 Å². The first-order valence-electron chi connectivity index (χ1n) is 10.9. The molecule has 1 aromatic carbocycles. The molecule has 1 aliphatic rings. The lowest BCUT2D eigenvalue weighted by atomic mass is 10.1. The van der Waals surface area contributed by atoms with Gasteiger partial charge in [-0.3, -0.25) is 9.36 Å². The standard InChI is InChI=1S/C24H23N5O2S2/c25-10-5-11-28-15-19(18-7-1-2-8-20(18)28)21(30)16-33-24-27-26-23(22-9-4-13-32-22)29(24)14-17-6-3-12-31-17/h1-2,4,7-9,13,15,17H,3,5-6,11-12,14,16H2. The zero-order chi connectivity index (χ0) is 22.6. The number of benzene rings is 1. The summed E-state index contributed by atoms with van der Waals surface area (Å²) in [5.41, 5.74) is 1.65. The summed E-state index contributed by atoms with van der Waals surface area (Å²) < 4.78 is 9.94. The molecule has 1 aliphatic heterocycles. The molecule has 0 aliphatic carbocycles. The van der Waals surface area contributed by atoms with E-state index in [2.05, 4.69) is 20.8 Å². The Kier molecular flexibility index (Phi) is 6.58. The third-order valence-electron chi connectivity index (χ3n) is 5.75. The van der Waals surface area contributed by atoms with E-state index in [-0.39, 0.29) is 17.6 Å². The number of hydrogen-bond acceptors (Lipinski definition) is 7. The van der Waals surface area contributed by atoms with Gasteiger partial charge >= 0.3 is 0 Å². The average molecular weight is 478 g/mol. The van der Waals surface area contributed by atoms with Crippen LogP contribution in [0.2, 0.25) is 0 Å². The van der Waals surface area contributed by atoms with Gasteiger partial charge in [0.2, 0.25) is 0 Å². The molecule has 0 radical (unpaired) electrons. The molecule has 1 atom stereocenters. The first-order chi connectivity index (χ1) is 16.2. The molecule has 4 heterocycles. The molecule has 4 aromatic rings. The van der Waals surface area contributed by atoms with Crippen LogP contribution in [0.25, 0.3) is 21.6 Å². The smallest absolute Gasteiger partial charge is 0.192 e. The fraction of sp³-hybridized carbons (Fsp3) is 0.333. The Morgan fingerprint density at radius 3 is 2.97 bits per heavy atom. The van der Waals surface area contributed by atoms with Gasteiger partial charge in [-0.05, 0) is 30.4 Å². The molecule has 0 bridgehead atoms. The Labute approximate surface area is 200 Å². The molecule has 0 N–H and O–H groups in total. The molecule has 0 saturated carbocycles. The maximum atomic E-state index is 13.2. The second-order valence-corrected chi connectivity index (χ2v) is 9.79. The molecule has 5 rings (SSSR count). The van der Waals surface area contributed by atoms with Crippen molar-refractivity contribution in [2.24, 2.45) is 0 Å².